The number of carbonyl (C=O) groups excluding carboxylic acids is 2. The van der Waals surface area contributed by atoms with Crippen molar-refractivity contribution in [3.63, 3.8) is 0 Å². The third-order valence-corrected chi connectivity index (χ3v) is 7.37. The largest absolute Gasteiger partial charge is 0.487 e. The Bertz CT molecular complexity index is 1110. The number of anilines is 2. The number of sulfonamides is 1. The quantitative estimate of drug-likeness (QED) is 0.697. The maximum Gasteiger partial charge on any atom is 0.341 e. The zero-order chi connectivity index (χ0) is 22.2. The minimum atomic E-state index is -4.02. The molecule has 1 aromatic carbocycles. The molecule has 1 aromatic heterocycles. The standard InChI is InChI=1S/C20H24N2O6S2/c1-6-27-20(24)18-12(3)13(4)29-19(18)21-30(25,26)15-7-8-17-16(9-15)22(14(5)23)10-11(2)28-17/h7-9,11,21H,6,10H2,1-5H3. The van der Waals surface area contributed by atoms with Gasteiger partial charge in [0.05, 0.1) is 29.3 Å². The third kappa shape index (κ3) is 4.15. The van der Waals surface area contributed by atoms with Gasteiger partial charge in [0, 0.05) is 11.8 Å². The van der Waals surface area contributed by atoms with Gasteiger partial charge in [-0.1, -0.05) is 0 Å². The Hall–Kier alpha value is -2.59. The van der Waals surface area contributed by atoms with Crippen LogP contribution in [0.15, 0.2) is 23.1 Å². The molecular weight excluding hydrogens is 428 g/mol. The number of ether oxygens (including phenoxy) is 2. The van der Waals surface area contributed by atoms with E-state index >= 15 is 0 Å². The van der Waals surface area contributed by atoms with E-state index in [1.165, 1.54) is 41.4 Å². The fourth-order valence-electron chi connectivity index (χ4n) is 3.21. The lowest BCUT2D eigenvalue weighted by molar-refractivity contribution is -0.117. The van der Waals surface area contributed by atoms with Crippen LogP contribution in [-0.2, 0) is 19.6 Å². The van der Waals surface area contributed by atoms with Crippen LogP contribution in [0.25, 0.3) is 0 Å². The van der Waals surface area contributed by atoms with Gasteiger partial charge in [0.1, 0.15) is 16.9 Å². The van der Waals surface area contributed by atoms with E-state index in [9.17, 15) is 18.0 Å². The van der Waals surface area contributed by atoms with Gasteiger partial charge < -0.3 is 14.4 Å². The number of hydrogen-bond donors (Lipinski definition) is 1. The van der Waals surface area contributed by atoms with Crippen LogP contribution < -0.4 is 14.4 Å². The van der Waals surface area contributed by atoms with E-state index in [1.807, 2.05) is 13.8 Å². The van der Waals surface area contributed by atoms with Crippen LogP contribution in [0.1, 0.15) is 41.6 Å². The number of carbonyl (C=O) groups is 2. The summed E-state index contributed by atoms with van der Waals surface area (Å²) in [5, 5.41) is 0.203. The van der Waals surface area contributed by atoms with Crippen LogP contribution in [0.3, 0.4) is 0 Å². The van der Waals surface area contributed by atoms with Gasteiger partial charge in [-0.2, -0.15) is 0 Å². The summed E-state index contributed by atoms with van der Waals surface area (Å²) in [6.45, 7) is 9.01. The van der Waals surface area contributed by atoms with Gasteiger partial charge in [-0.3, -0.25) is 9.52 Å². The second-order valence-electron chi connectivity index (χ2n) is 7.00. The Kier molecular flexibility index (Phi) is 6.09. The normalized spacial score (nSPS) is 15.9. The molecule has 1 amide bonds. The second-order valence-corrected chi connectivity index (χ2v) is 9.91. The van der Waals surface area contributed by atoms with Crippen molar-refractivity contribution in [3.05, 3.63) is 34.2 Å². The summed E-state index contributed by atoms with van der Waals surface area (Å²) in [5.41, 5.74) is 1.28. The molecule has 1 N–H and O–H groups in total. The fraction of sp³-hybridized carbons (Fsp3) is 0.400. The van der Waals surface area contributed by atoms with Crippen molar-refractivity contribution in [3.8, 4) is 5.75 Å². The summed E-state index contributed by atoms with van der Waals surface area (Å²) >= 11 is 1.17. The predicted octanol–water partition coefficient (Wildman–Crippen LogP) is 3.48. The number of aryl methyl sites for hydroxylation is 1. The number of rotatable bonds is 5. The third-order valence-electron chi connectivity index (χ3n) is 4.77. The average Bonchev–Trinajstić information content (AvgIpc) is 2.93. The predicted molar refractivity (Wildman–Crippen MR) is 115 cm³/mol. The molecule has 0 aliphatic carbocycles. The van der Waals surface area contributed by atoms with Gasteiger partial charge in [-0.25, -0.2) is 13.2 Å². The number of thiophene rings is 1. The van der Waals surface area contributed by atoms with Crippen molar-refractivity contribution >= 4 is 43.9 Å². The van der Waals surface area contributed by atoms with E-state index in [1.54, 1.807) is 13.8 Å². The van der Waals surface area contributed by atoms with E-state index in [0.29, 0.717) is 23.5 Å². The van der Waals surface area contributed by atoms with Crippen molar-refractivity contribution in [2.45, 2.75) is 45.6 Å². The lowest BCUT2D eigenvalue weighted by Crippen LogP contribution is -2.41. The lowest BCUT2D eigenvalue weighted by Gasteiger charge is -2.33. The molecule has 0 spiro atoms. The van der Waals surface area contributed by atoms with Crippen molar-refractivity contribution < 1.29 is 27.5 Å². The lowest BCUT2D eigenvalue weighted by atomic mass is 10.2. The fourth-order valence-corrected chi connectivity index (χ4v) is 5.59. The Morgan fingerprint density at radius 2 is 2.03 bits per heavy atom. The van der Waals surface area contributed by atoms with Gasteiger partial charge >= 0.3 is 5.97 Å². The highest BCUT2D eigenvalue weighted by Crippen LogP contribution is 2.38. The molecule has 10 heteroatoms. The first-order valence-corrected chi connectivity index (χ1v) is 11.7. The molecule has 162 valence electrons. The first kappa shape index (κ1) is 22.1. The molecule has 30 heavy (non-hydrogen) atoms. The van der Waals surface area contributed by atoms with Crippen LogP contribution in [0.5, 0.6) is 5.75 Å². The summed E-state index contributed by atoms with van der Waals surface area (Å²) in [5.74, 6) is -0.339. The molecular formula is C20H24N2O6S2. The Labute approximate surface area is 179 Å². The van der Waals surface area contributed by atoms with Gasteiger partial charge in [0.25, 0.3) is 10.0 Å². The zero-order valence-electron chi connectivity index (χ0n) is 17.4. The highest BCUT2D eigenvalue weighted by molar-refractivity contribution is 7.93. The summed E-state index contributed by atoms with van der Waals surface area (Å²) < 4.78 is 39.5. The first-order chi connectivity index (χ1) is 14.0. The number of benzene rings is 1. The molecule has 2 heterocycles. The van der Waals surface area contributed by atoms with Crippen LogP contribution in [0.4, 0.5) is 10.7 Å². The minimum absolute atomic E-state index is 0.0378. The van der Waals surface area contributed by atoms with Gasteiger partial charge in [0.2, 0.25) is 5.91 Å². The molecule has 2 aromatic rings. The van der Waals surface area contributed by atoms with Crippen LogP contribution in [0, 0.1) is 13.8 Å². The number of hydrogen-bond acceptors (Lipinski definition) is 7. The summed E-state index contributed by atoms with van der Waals surface area (Å²) in [6.07, 6.45) is -0.203. The monoisotopic (exact) mass is 452 g/mol. The van der Waals surface area contributed by atoms with Crippen molar-refractivity contribution in [1.29, 1.82) is 0 Å². The maximum absolute atomic E-state index is 13.1. The summed E-state index contributed by atoms with van der Waals surface area (Å²) in [4.78, 5) is 26.7. The van der Waals surface area contributed by atoms with E-state index in [4.69, 9.17) is 9.47 Å². The Balaban J connectivity index is 2.00. The highest BCUT2D eigenvalue weighted by Gasteiger charge is 2.29. The number of nitrogens with zero attached hydrogens (tertiary/aromatic N) is 1. The Morgan fingerprint density at radius 1 is 1.33 bits per heavy atom. The molecule has 3 rings (SSSR count). The summed E-state index contributed by atoms with van der Waals surface area (Å²) in [6, 6.07) is 4.35. The van der Waals surface area contributed by atoms with Crippen molar-refractivity contribution in [2.75, 3.05) is 22.8 Å². The van der Waals surface area contributed by atoms with Gasteiger partial charge in [0.15, 0.2) is 0 Å². The van der Waals surface area contributed by atoms with E-state index in [-0.39, 0.29) is 34.1 Å². The van der Waals surface area contributed by atoms with Gasteiger partial charge in [-0.05, 0) is 51.5 Å². The summed E-state index contributed by atoms with van der Waals surface area (Å²) in [7, 11) is -4.02. The molecule has 1 unspecified atom stereocenters. The van der Waals surface area contributed by atoms with E-state index in [0.717, 1.165) is 4.88 Å². The van der Waals surface area contributed by atoms with E-state index in [2.05, 4.69) is 4.72 Å². The van der Waals surface area contributed by atoms with Crippen molar-refractivity contribution in [1.82, 2.24) is 0 Å². The molecule has 0 saturated heterocycles. The zero-order valence-corrected chi connectivity index (χ0v) is 19.1. The number of esters is 1. The first-order valence-electron chi connectivity index (χ1n) is 9.43. The SMILES string of the molecule is CCOC(=O)c1c(NS(=O)(=O)c2ccc3c(c2)N(C(C)=O)CC(C)O3)sc(C)c1C. The molecule has 8 nitrogen and oxygen atoms in total. The molecule has 0 bridgehead atoms. The molecule has 1 aliphatic rings. The smallest absolute Gasteiger partial charge is 0.341 e. The van der Waals surface area contributed by atoms with Crippen LogP contribution in [0.2, 0.25) is 0 Å². The molecule has 0 radical (unpaired) electrons. The van der Waals surface area contributed by atoms with E-state index < -0.39 is 16.0 Å². The van der Waals surface area contributed by atoms with Crippen LogP contribution in [-0.4, -0.2) is 39.5 Å². The minimum Gasteiger partial charge on any atom is -0.487 e. The number of nitrogens with one attached hydrogen (secondary N) is 1. The maximum atomic E-state index is 13.1. The topological polar surface area (TPSA) is 102 Å². The number of fused-ring (bicyclic) bond motifs is 1. The molecule has 1 aliphatic heterocycles. The van der Waals surface area contributed by atoms with Crippen LogP contribution >= 0.6 is 11.3 Å². The van der Waals surface area contributed by atoms with Gasteiger partial charge in [-0.15, -0.1) is 11.3 Å². The molecule has 0 saturated carbocycles. The Morgan fingerprint density at radius 3 is 2.67 bits per heavy atom. The average molecular weight is 453 g/mol. The van der Waals surface area contributed by atoms with Crippen molar-refractivity contribution in [2.24, 2.45) is 0 Å². The second kappa shape index (κ2) is 8.27. The molecule has 1 atom stereocenters. The number of amides is 1. The molecule has 0 fully saturated rings. The highest BCUT2D eigenvalue weighted by atomic mass is 32.2.